The van der Waals surface area contributed by atoms with Crippen molar-refractivity contribution in [3.63, 3.8) is 0 Å². The van der Waals surface area contributed by atoms with Crippen molar-refractivity contribution in [2.75, 3.05) is 13.1 Å². The lowest BCUT2D eigenvalue weighted by atomic mass is 9.76. The molecule has 0 radical (unpaired) electrons. The first-order valence-electron chi connectivity index (χ1n) is 9.42. The Morgan fingerprint density at radius 1 is 1.32 bits per heavy atom. The molecule has 0 saturated carbocycles. The topological polar surface area (TPSA) is 92.9 Å². The van der Waals surface area contributed by atoms with Crippen LogP contribution < -0.4 is 4.74 Å². The molecule has 0 bridgehead atoms. The third-order valence-corrected chi connectivity index (χ3v) is 5.79. The molecule has 150 valence electrons. The Hall–Kier alpha value is -2.83. The van der Waals surface area contributed by atoms with Crippen molar-refractivity contribution < 1.29 is 24.0 Å². The molecule has 28 heavy (non-hydrogen) atoms. The lowest BCUT2D eigenvalue weighted by Gasteiger charge is -2.28. The number of carbonyl (C=O) groups excluding carboxylic acids is 1. The standard InChI is InChI=1S/C21H26N2O5/c1-13(2)21(20(25)26)9-10-23(12-21)19(24)16-7-5-6-8-18(16)27-11-17-14(3)22-28-15(17)4/h5-8,13H,9-12H2,1-4H3,(H,25,26). The van der Waals surface area contributed by atoms with Crippen molar-refractivity contribution in [2.45, 2.75) is 40.7 Å². The van der Waals surface area contributed by atoms with E-state index in [0.29, 0.717) is 30.0 Å². The number of nitrogens with zero attached hydrogens (tertiary/aromatic N) is 2. The summed E-state index contributed by atoms with van der Waals surface area (Å²) in [5.41, 5.74) is 1.14. The van der Waals surface area contributed by atoms with E-state index in [1.165, 1.54) is 0 Å². The highest BCUT2D eigenvalue weighted by molar-refractivity contribution is 5.97. The van der Waals surface area contributed by atoms with Gasteiger partial charge in [0.2, 0.25) is 0 Å². The van der Waals surface area contributed by atoms with Crippen LogP contribution in [-0.2, 0) is 11.4 Å². The summed E-state index contributed by atoms with van der Waals surface area (Å²) in [5, 5.41) is 13.6. The molecule has 2 aromatic rings. The van der Waals surface area contributed by atoms with Gasteiger partial charge in [-0.2, -0.15) is 0 Å². The van der Waals surface area contributed by atoms with Crippen LogP contribution in [0, 0.1) is 25.2 Å². The van der Waals surface area contributed by atoms with E-state index in [2.05, 4.69) is 5.16 Å². The fourth-order valence-corrected chi connectivity index (χ4v) is 3.70. The third kappa shape index (κ3) is 3.48. The summed E-state index contributed by atoms with van der Waals surface area (Å²) in [7, 11) is 0. The molecular formula is C21H26N2O5. The van der Waals surface area contributed by atoms with Crippen LogP contribution >= 0.6 is 0 Å². The zero-order chi connectivity index (χ0) is 20.5. The average molecular weight is 386 g/mol. The Bertz CT molecular complexity index is 869. The Balaban J connectivity index is 1.79. The van der Waals surface area contributed by atoms with Gasteiger partial charge in [0.25, 0.3) is 5.91 Å². The van der Waals surface area contributed by atoms with E-state index in [-0.39, 0.29) is 25.0 Å². The fraction of sp³-hybridized carbons (Fsp3) is 0.476. The second kappa shape index (κ2) is 7.66. The van der Waals surface area contributed by atoms with Crippen molar-refractivity contribution in [1.29, 1.82) is 0 Å². The maximum absolute atomic E-state index is 13.1. The van der Waals surface area contributed by atoms with Gasteiger partial charge in [-0.15, -0.1) is 0 Å². The van der Waals surface area contributed by atoms with Crippen molar-refractivity contribution in [2.24, 2.45) is 11.3 Å². The molecule has 1 fully saturated rings. The number of likely N-dealkylation sites (tertiary alicyclic amines) is 1. The van der Waals surface area contributed by atoms with Gasteiger partial charge >= 0.3 is 5.97 Å². The van der Waals surface area contributed by atoms with E-state index in [1.807, 2.05) is 27.7 Å². The lowest BCUT2D eigenvalue weighted by Crippen LogP contribution is -2.40. The summed E-state index contributed by atoms with van der Waals surface area (Å²) in [4.78, 5) is 26.6. The van der Waals surface area contributed by atoms with Gasteiger partial charge in [0, 0.05) is 13.1 Å². The first-order valence-corrected chi connectivity index (χ1v) is 9.42. The highest BCUT2D eigenvalue weighted by Crippen LogP contribution is 2.39. The minimum absolute atomic E-state index is 0.0613. The van der Waals surface area contributed by atoms with Crippen LogP contribution in [0.2, 0.25) is 0 Å². The number of ether oxygens (including phenoxy) is 1. The molecule has 1 aliphatic heterocycles. The first-order chi connectivity index (χ1) is 13.3. The number of aliphatic carboxylic acids is 1. The molecule has 0 spiro atoms. The largest absolute Gasteiger partial charge is 0.488 e. The van der Waals surface area contributed by atoms with E-state index in [4.69, 9.17) is 9.26 Å². The Kier molecular flexibility index (Phi) is 5.45. The first kappa shape index (κ1) is 19.9. The molecular weight excluding hydrogens is 360 g/mol. The SMILES string of the molecule is Cc1noc(C)c1COc1ccccc1C(=O)N1CCC(C(=O)O)(C(C)C)C1. The second-order valence-electron chi connectivity index (χ2n) is 7.68. The summed E-state index contributed by atoms with van der Waals surface area (Å²) < 4.78 is 11.1. The van der Waals surface area contributed by atoms with Crippen molar-refractivity contribution in [3.8, 4) is 5.75 Å². The number of aromatic nitrogens is 1. The monoisotopic (exact) mass is 386 g/mol. The van der Waals surface area contributed by atoms with Crippen LogP contribution in [-0.4, -0.2) is 40.1 Å². The number of amides is 1. The van der Waals surface area contributed by atoms with Crippen LogP contribution in [0.5, 0.6) is 5.75 Å². The van der Waals surface area contributed by atoms with Crippen LogP contribution in [0.25, 0.3) is 0 Å². The van der Waals surface area contributed by atoms with Crippen molar-refractivity contribution >= 4 is 11.9 Å². The molecule has 1 aliphatic rings. The number of para-hydroxylation sites is 1. The fourth-order valence-electron chi connectivity index (χ4n) is 3.70. The normalized spacial score (nSPS) is 19.2. The molecule has 7 heteroatoms. The van der Waals surface area contributed by atoms with E-state index in [1.54, 1.807) is 29.2 Å². The van der Waals surface area contributed by atoms with Crippen LogP contribution in [0.15, 0.2) is 28.8 Å². The molecule has 1 atom stereocenters. The average Bonchev–Trinajstić information content (AvgIpc) is 3.25. The van der Waals surface area contributed by atoms with E-state index in [9.17, 15) is 14.7 Å². The molecule has 7 nitrogen and oxygen atoms in total. The number of carboxylic acid groups (broad SMARTS) is 1. The number of benzene rings is 1. The molecule has 2 heterocycles. The van der Waals surface area contributed by atoms with Gasteiger partial charge < -0.3 is 19.3 Å². The molecule has 1 N–H and O–H groups in total. The molecule has 1 amide bonds. The van der Waals surface area contributed by atoms with Crippen molar-refractivity contribution in [1.82, 2.24) is 10.1 Å². The van der Waals surface area contributed by atoms with E-state index >= 15 is 0 Å². The van der Waals surface area contributed by atoms with Gasteiger partial charge in [0.15, 0.2) is 0 Å². The van der Waals surface area contributed by atoms with Crippen molar-refractivity contribution in [3.05, 3.63) is 46.8 Å². The number of hydrogen-bond acceptors (Lipinski definition) is 5. The van der Waals surface area contributed by atoms with Crippen LogP contribution in [0.1, 0.15) is 47.6 Å². The van der Waals surface area contributed by atoms with E-state index in [0.717, 1.165) is 11.3 Å². The number of rotatable bonds is 6. The smallest absolute Gasteiger partial charge is 0.311 e. The van der Waals surface area contributed by atoms with E-state index < -0.39 is 11.4 Å². The van der Waals surface area contributed by atoms with Gasteiger partial charge in [-0.3, -0.25) is 9.59 Å². The summed E-state index contributed by atoms with van der Waals surface area (Å²) in [6.45, 7) is 8.31. The Labute approximate surface area is 164 Å². The van der Waals surface area contributed by atoms with Crippen LogP contribution in [0.4, 0.5) is 0 Å². The van der Waals surface area contributed by atoms with Gasteiger partial charge in [0.05, 0.1) is 22.2 Å². The summed E-state index contributed by atoms with van der Waals surface area (Å²) in [5.74, 6) is 0.0293. The summed E-state index contributed by atoms with van der Waals surface area (Å²) in [6, 6.07) is 7.04. The minimum atomic E-state index is -0.901. The zero-order valence-electron chi connectivity index (χ0n) is 16.7. The molecule has 1 saturated heterocycles. The van der Waals surface area contributed by atoms with Gasteiger partial charge in [-0.05, 0) is 38.3 Å². The molecule has 1 aromatic heterocycles. The summed E-state index contributed by atoms with van der Waals surface area (Å²) >= 11 is 0. The quantitative estimate of drug-likeness (QED) is 0.817. The van der Waals surface area contributed by atoms with Gasteiger partial charge in [-0.25, -0.2) is 0 Å². The molecule has 1 unspecified atom stereocenters. The predicted molar refractivity (Wildman–Crippen MR) is 102 cm³/mol. The van der Waals surface area contributed by atoms with Crippen LogP contribution in [0.3, 0.4) is 0 Å². The lowest BCUT2D eigenvalue weighted by molar-refractivity contribution is -0.150. The Morgan fingerprint density at radius 2 is 2.04 bits per heavy atom. The molecule has 1 aromatic carbocycles. The van der Waals surface area contributed by atoms with Gasteiger partial charge in [-0.1, -0.05) is 31.1 Å². The number of carboxylic acids is 1. The highest BCUT2D eigenvalue weighted by Gasteiger charge is 2.48. The predicted octanol–water partition coefficient (Wildman–Crippen LogP) is 3.44. The number of aryl methyl sites for hydroxylation is 2. The third-order valence-electron chi connectivity index (χ3n) is 5.79. The minimum Gasteiger partial charge on any atom is -0.488 e. The maximum atomic E-state index is 13.1. The van der Waals surface area contributed by atoms with Gasteiger partial charge in [0.1, 0.15) is 18.1 Å². The number of hydrogen-bond donors (Lipinski definition) is 1. The number of carbonyl (C=O) groups is 2. The highest BCUT2D eigenvalue weighted by atomic mass is 16.5. The molecule has 3 rings (SSSR count). The zero-order valence-corrected chi connectivity index (χ0v) is 16.7. The maximum Gasteiger partial charge on any atom is 0.311 e. The molecule has 0 aliphatic carbocycles. The second-order valence-corrected chi connectivity index (χ2v) is 7.68. The Morgan fingerprint density at radius 3 is 2.61 bits per heavy atom. The summed E-state index contributed by atoms with van der Waals surface area (Å²) in [6.07, 6.45) is 0.452.